The fourth-order valence-corrected chi connectivity index (χ4v) is 1.75. The third-order valence-corrected chi connectivity index (χ3v) is 2.47. The molecule has 1 aliphatic carbocycles. The molecular formula is C11H13NO. The van der Waals surface area contributed by atoms with Crippen molar-refractivity contribution in [2.75, 3.05) is 6.61 Å². The molecule has 0 aromatic heterocycles. The van der Waals surface area contributed by atoms with Gasteiger partial charge in [0.15, 0.2) is 5.90 Å². The number of fused-ring (bicyclic) bond motifs is 1. The standard InChI is InChI=1S/C11H13NO/c1-2-13-11(12)10-7-8-5-3-4-6-9(8)10/h3-6,10,12H,2,7H2,1H3. The van der Waals surface area contributed by atoms with Crippen molar-refractivity contribution in [3.63, 3.8) is 0 Å². The summed E-state index contributed by atoms with van der Waals surface area (Å²) in [7, 11) is 0. The van der Waals surface area contributed by atoms with E-state index in [-0.39, 0.29) is 5.92 Å². The maximum absolute atomic E-state index is 7.65. The zero-order valence-corrected chi connectivity index (χ0v) is 7.71. The first kappa shape index (κ1) is 8.30. The van der Waals surface area contributed by atoms with E-state index in [1.54, 1.807) is 0 Å². The van der Waals surface area contributed by atoms with Crippen LogP contribution in [-0.4, -0.2) is 12.5 Å². The summed E-state index contributed by atoms with van der Waals surface area (Å²) in [6.07, 6.45) is 0.967. The third-order valence-electron chi connectivity index (χ3n) is 2.47. The van der Waals surface area contributed by atoms with Crippen LogP contribution in [0.5, 0.6) is 0 Å². The van der Waals surface area contributed by atoms with E-state index in [1.807, 2.05) is 19.1 Å². The highest BCUT2D eigenvalue weighted by Gasteiger charge is 2.29. The molecule has 2 heteroatoms. The molecule has 0 saturated carbocycles. The van der Waals surface area contributed by atoms with Crippen LogP contribution in [0.3, 0.4) is 0 Å². The molecule has 1 aliphatic rings. The molecule has 0 radical (unpaired) electrons. The molecule has 0 amide bonds. The Morgan fingerprint density at radius 2 is 2.31 bits per heavy atom. The van der Waals surface area contributed by atoms with E-state index < -0.39 is 0 Å². The lowest BCUT2D eigenvalue weighted by molar-refractivity contribution is 0.304. The maximum Gasteiger partial charge on any atom is 0.188 e. The van der Waals surface area contributed by atoms with E-state index in [2.05, 4.69) is 12.1 Å². The highest BCUT2D eigenvalue weighted by atomic mass is 16.5. The molecule has 1 N–H and O–H groups in total. The van der Waals surface area contributed by atoms with Gasteiger partial charge in [0.05, 0.1) is 12.5 Å². The van der Waals surface area contributed by atoms with Gasteiger partial charge < -0.3 is 4.74 Å². The SMILES string of the molecule is CCOC(=N)C1Cc2ccccc21. The first-order valence-electron chi connectivity index (χ1n) is 4.62. The van der Waals surface area contributed by atoms with Crippen molar-refractivity contribution in [3.8, 4) is 0 Å². The molecule has 1 atom stereocenters. The quantitative estimate of drug-likeness (QED) is 0.543. The number of nitrogens with one attached hydrogen (secondary N) is 1. The van der Waals surface area contributed by atoms with Crippen molar-refractivity contribution < 1.29 is 4.74 Å². The number of hydrogen-bond acceptors (Lipinski definition) is 2. The van der Waals surface area contributed by atoms with Crippen LogP contribution in [-0.2, 0) is 11.2 Å². The van der Waals surface area contributed by atoms with Gasteiger partial charge in [-0.2, -0.15) is 0 Å². The van der Waals surface area contributed by atoms with Gasteiger partial charge in [-0.15, -0.1) is 0 Å². The second-order valence-electron chi connectivity index (χ2n) is 3.25. The Labute approximate surface area is 78.0 Å². The topological polar surface area (TPSA) is 33.1 Å². The molecule has 1 aromatic carbocycles. The lowest BCUT2D eigenvalue weighted by Crippen LogP contribution is -2.26. The van der Waals surface area contributed by atoms with Gasteiger partial charge in [0.2, 0.25) is 0 Å². The molecule has 0 fully saturated rings. The number of benzene rings is 1. The van der Waals surface area contributed by atoms with Gasteiger partial charge in [-0.1, -0.05) is 24.3 Å². The minimum absolute atomic E-state index is 0.219. The summed E-state index contributed by atoms with van der Waals surface area (Å²) in [5.74, 6) is 0.636. The normalized spacial score (nSPS) is 18.7. The Kier molecular flexibility index (Phi) is 2.05. The van der Waals surface area contributed by atoms with Crippen LogP contribution in [0.1, 0.15) is 24.0 Å². The second kappa shape index (κ2) is 3.21. The molecule has 1 unspecified atom stereocenters. The fourth-order valence-electron chi connectivity index (χ4n) is 1.75. The maximum atomic E-state index is 7.65. The van der Waals surface area contributed by atoms with Crippen molar-refractivity contribution in [1.29, 1.82) is 5.41 Å². The highest BCUT2D eigenvalue weighted by molar-refractivity contribution is 5.84. The van der Waals surface area contributed by atoms with Gasteiger partial charge in [-0.25, -0.2) is 0 Å². The van der Waals surface area contributed by atoms with Crippen LogP contribution in [0, 0.1) is 5.41 Å². The van der Waals surface area contributed by atoms with Crippen LogP contribution >= 0.6 is 0 Å². The van der Waals surface area contributed by atoms with Crippen molar-refractivity contribution >= 4 is 5.90 Å². The van der Waals surface area contributed by atoms with E-state index in [1.165, 1.54) is 11.1 Å². The first-order chi connectivity index (χ1) is 6.33. The van der Waals surface area contributed by atoms with Crippen LogP contribution in [0.2, 0.25) is 0 Å². The van der Waals surface area contributed by atoms with Gasteiger partial charge >= 0.3 is 0 Å². The van der Waals surface area contributed by atoms with Crippen molar-refractivity contribution in [2.45, 2.75) is 19.3 Å². The number of hydrogen-bond donors (Lipinski definition) is 1. The Morgan fingerprint density at radius 3 is 3.00 bits per heavy atom. The molecule has 68 valence electrons. The van der Waals surface area contributed by atoms with Gasteiger partial charge in [-0.3, -0.25) is 5.41 Å². The fraction of sp³-hybridized carbons (Fsp3) is 0.364. The zero-order valence-electron chi connectivity index (χ0n) is 7.71. The van der Waals surface area contributed by atoms with Gasteiger partial charge in [0, 0.05) is 0 Å². The largest absolute Gasteiger partial charge is 0.481 e. The number of ether oxygens (including phenoxy) is 1. The first-order valence-corrected chi connectivity index (χ1v) is 4.62. The summed E-state index contributed by atoms with van der Waals surface area (Å²) >= 11 is 0. The molecule has 2 nitrogen and oxygen atoms in total. The van der Waals surface area contributed by atoms with Crippen LogP contribution in [0.4, 0.5) is 0 Å². The predicted molar refractivity (Wildman–Crippen MR) is 52.2 cm³/mol. The molecule has 0 aliphatic heterocycles. The molecule has 1 aromatic rings. The second-order valence-corrected chi connectivity index (χ2v) is 3.25. The Morgan fingerprint density at radius 1 is 1.54 bits per heavy atom. The molecule has 0 saturated heterocycles. The van der Waals surface area contributed by atoms with Gasteiger partial charge in [0.1, 0.15) is 0 Å². The Balaban J connectivity index is 2.13. The van der Waals surface area contributed by atoms with E-state index in [0.717, 1.165) is 6.42 Å². The summed E-state index contributed by atoms with van der Waals surface area (Å²) < 4.78 is 5.19. The molecule has 2 rings (SSSR count). The van der Waals surface area contributed by atoms with Crippen LogP contribution in [0.15, 0.2) is 24.3 Å². The average Bonchev–Trinajstić information content (AvgIpc) is 2.07. The lowest BCUT2D eigenvalue weighted by atomic mass is 9.77. The average molecular weight is 175 g/mol. The molecule has 0 spiro atoms. The van der Waals surface area contributed by atoms with E-state index in [0.29, 0.717) is 12.5 Å². The molecule has 0 bridgehead atoms. The summed E-state index contributed by atoms with van der Waals surface area (Å²) in [6, 6.07) is 8.26. The van der Waals surface area contributed by atoms with Gasteiger partial charge in [0.25, 0.3) is 0 Å². The minimum atomic E-state index is 0.219. The lowest BCUT2D eigenvalue weighted by Gasteiger charge is -2.29. The minimum Gasteiger partial charge on any atom is -0.481 e. The smallest absolute Gasteiger partial charge is 0.188 e. The Hall–Kier alpha value is -1.31. The van der Waals surface area contributed by atoms with E-state index in [4.69, 9.17) is 10.1 Å². The summed E-state index contributed by atoms with van der Waals surface area (Å²) in [5.41, 5.74) is 2.62. The summed E-state index contributed by atoms with van der Waals surface area (Å²) in [4.78, 5) is 0. The molecule has 13 heavy (non-hydrogen) atoms. The van der Waals surface area contributed by atoms with Crippen molar-refractivity contribution in [3.05, 3.63) is 35.4 Å². The zero-order chi connectivity index (χ0) is 9.26. The van der Waals surface area contributed by atoms with Crippen LogP contribution in [0.25, 0.3) is 0 Å². The molecular weight excluding hydrogens is 162 g/mol. The Bertz CT molecular complexity index is 333. The summed E-state index contributed by atoms with van der Waals surface area (Å²) in [6.45, 7) is 2.51. The van der Waals surface area contributed by atoms with Crippen molar-refractivity contribution in [1.82, 2.24) is 0 Å². The van der Waals surface area contributed by atoms with Crippen molar-refractivity contribution in [2.24, 2.45) is 0 Å². The number of rotatable bonds is 2. The van der Waals surface area contributed by atoms with E-state index >= 15 is 0 Å². The monoisotopic (exact) mass is 175 g/mol. The third kappa shape index (κ3) is 1.32. The summed E-state index contributed by atoms with van der Waals surface area (Å²) in [5, 5.41) is 7.65. The van der Waals surface area contributed by atoms with Crippen LogP contribution < -0.4 is 0 Å². The predicted octanol–water partition coefficient (Wildman–Crippen LogP) is 2.34. The van der Waals surface area contributed by atoms with E-state index in [9.17, 15) is 0 Å². The van der Waals surface area contributed by atoms with Gasteiger partial charge in [-0.05, 0) is 24.5 Å². The molecule has 0 heterocycles. The highest BCUT2D eigenvalue weighted by Crippen LogP contribution is 2.35.